The minimum Gasteiger partial charge on any atom is -0.361 e. The Hall–Kier alpha value is -4.32. The third-order valence-electron chi connectivity index (χ3n) is 5.49. The Balaban J connectivity index is 1.45. The number of amides is 1. The first-order chi connectivity index (χ1) is 14.8. The highest BCUT2D eigenvalue weighted by Crippen LogP contribution is 2.34. The molecule has 0 aliphatic heterocycles. The molecule has 3 heterocycles. The van der Waals surface area contributed by atoms with E-state index in [1.165, 1.54) is 0 Å². The summed E-state index contributed by atoms with van der Waals surface area (Å²) in [7, 11) is 0. The summed E-state index contributed by atoms with van der Waals surface area (Å²) in [6, 6.07) is 22.0. The number of para-hydroxylation sites is 1. The second kappa shape index (κ2) is 6.35. The Labute approximate surface area is 170 Å². The van der Waals surface area contributed by atoms with Crippen LogP contribution in [-0.4, -0.2) is 26.1 Å². The number of nitrogens with one attached hydrogen (secondary N) is 4. The van der Waals surface area contributed by atoms with Crippen LogP contribution in [0.5, 0.6) is 0 Å². The lowest BCUT2D eigenvalue weighted by atomic mass is 9.99. The van der Waals surface area contributed by atoms with Crippen LogP contribution < -0.4 is 5.32 Å². The van der Waals surface area contributed by atoms with E-state index in [4.69, 9.17) is 0 Å². The van der Waals surface area contributed by atoms with Crippen molar-refractivity contribution in [2.45, 2.75) is 0 Å². The summed E-state index contributed by atoms with van der Waals surface area (Å²) >= 11 is 0. The second-order valence-corrected chi connectivity index (χ2v) is 7.32. The van der Waals surface area contributed by atoms with Crippen LogP contribution in [0, 0.1) is 0 Å². The number of fused-ring (bicyclic) bond motifs is 3. The van der Waals surface area contributed by atoms with Gasteiger partial charge in [0, 0.05) is 33.4 Å². The summed E-state index contributed by atoms with van der Waals surface area (Å²) in [6.45, 7) is 0. The van der Waals surface area contributed by atoms with Crippen molar-refractivity contribution in [2.75, 3.05) is 5.32 Å². The average Bonchev–Trinajstić information content (AvgIpc) is 3.51. The van der Waals surface area contributed by atoms with E-state index in [9.17, 15) is 4.79 Å². The molecule has 6 heteroatoms. The summed E-state index contributed by atoms with van der Waals surface area (Å²) in [6.07, 6.45) is 3.66. The number of carbonyl (C=O) groups is 1. The molecule has 6 nitrogen and oxygen atoms in total. The fourth-order valence-electron chi connectivity index (χ4n) is 4.03. The molecule has 3 aromatic heterocycles. The van der Waals surface area contributed by atoms with Crippen LogP contribution in [0.4, 0.5) is 5.69 Å². The van der Waals surface area contributed by atoms with Crippen LogP contribution in [0.3, 0.4) is 0 Å². The zero-order valence-electron chi connectivity index (χ0n) is 15.9. The average molecular weight is 391 g/mol. The van der Waals surface area contributed by atoms with Crippen LogP contribution in [0.15, 0.2) is 79.1 Å². The summed E-state index contributed by atoms with van der Waals surface area (Å²) in [5, 5.41) is 13.3. The van der Waals surface area contributed by atoms with Crippen molar-refractivity contribution in [3.63, 3.8) is 0 Å². The molecule has 3 aromatic carbocycles. The van der Waals surface area contributed by atoms with E-state index in [2.05, 4.69) is 43.7 Å². The highest BCUT2D eigenvalue weighted by Gasteiger charge is 2.15. The van der Waals surface area contributed by atoms with Gasteiger partial charge in [0.2, 0.25) is 0 Å². The molecule has 1 amide bonds. The van der Waals surface area contributed by atoms with Crippen LogP contribution in [-0.2, 0) is 0 Å². The van der Waals surface area contributed by atoms with Gasteiger partial charge >= 0.3 is 0 Å². The van der Waals surface area contributed by atoms with Gasteiger partial charge in [-0.15, -0.1) is 0 Å². The Kier molecular flexibility index (Phi) is 3.52. The van der Waals surface area contributed by atoms with Crippen molar-refractivity contribution in [2.24, 2.45) is 0 Å². The number of aromatic nitrogens is 4. The number of carbonyl (C=O) groups excluding carboxylic acids is 1. The van der Waals surface area contributed by atoms with E-state index in [1.807, 2.05) is 54.7 Å². The summed E-state index contributed by atoms with van der Waals surface area (Å²) < 4.78 is 0. The number of rotatable bonds is 3. The summed E-state index contributed by atoms with van der Waals surface area (Å²) in [4.78, 5) is 19.4. The van der Waals surface area contributed by atoms with Gasteiger partial charge in [-0.2, -0.15) is 5.10 Å². The molecule has 0 radical (unpaired) electrons. The Bertz CT molecular complexity index is 1520. The Morgan fingerprint density at radius 3 is 2.70 bits per heavy atom. The highest BCUT2D eigenvalue weighted by atomic mass is 16.1. The maximum Gasteiger partial charge on any atom is 0.272 e. The van der Waals surface area contributed by atoms with Gasteiger partial charge in [0.25, 0.3) is 5.91 Å². The first-order valence-corrected chi connectivity index (χ1v) is 9.69. The first-order valence-electron chi connectivity index (χ1n) is 9.69. The van der Waals surface area contributed by atoms with Crippen molar-refractivity contribution in [3.8, 4) is 11.1 Å². The summed E-state index contributed by atoms with van der Waals surface area (Å²) in [5.41, 5.74) is 6.20. The highest BCUT2D eigenvalue weighted by molar-refractivity contribution is 6.11. The maximum atomic E-state index is 13.0. The van der Waals surface area contributed by atoms with Crippen molar-refractivity contribution in [1.29, 1.82) is 0 Å². The van der Waals surface area contributed by atoms with Crippen molar-refractivity contribution < 1.29 is 4.79 Å². The largest absolute Gasteiger partial charge is 0.361 e. The van der Waals surface area contributed by atoms with E-state index in [0.717, 1.165) is 43.8 Å². The number of nitrogens with zero attached hydrogens (tertiary/aromatic N) is 1. The third kappa shape index (κ3) is 2.58. The fraction of sp³-hybridized carbons (Fsp3) is 0. The third-order valence-corrected chi connectivity index (χ3v) is 5.49. The minimum atomic E-state index is -0.189. The zero-order valence-corrected chi connectivity index (χ0v) is 15.9. The smallest absolute Gasteiger partial charge is 0.272 e. The van der Waals surface area contributed by atoms with Crippen LogP contribution >= 0.6 is 0 Å². The molecule has 0 aliphatic carbocycles. The van der Waals surface area contributed by atoms with Gasteiger partial charge in [0.15, 0.2) is 0 Å². The fourth-order valence-corrected chi connectivity index (χ4v) is 4.03. The zero-order chi connectivity index (χ0) is 20.1. The molecule has 30 heavy (non-hydrogen) atoms. The molecular formula is C24H17N5O. The minimum absolute atomic E-state index is 0.189. The monoisotopic (exact) mass is 391 g/mol. The molecule has 0 saturated carbocycles. The molecule has 0 bridgehead atoms. The van der Waals surface area contributed by atoms with Crippen molar-refractivity contribution in [3.05, 3.63) is 84.8 Å². The van der Waals surface area contributed by atoms with Gasteiger partial charge in [0.05, 0.1) is 17.4 Å². The standard InChI is InChI=1S/C24H17N5O/c30-24(23-10-14-4-1-2-6-19(14)27-23)28-21-11-15(12-22-18(21)13-26-29-22)16-5-3-7-20-17(16)8-9-25-20/h1-13,25,27H,(H,26,29)(H,28,30). The molecular weight excluding hydrogens is 374 g/mol. The van der Waals surface area contributed by atoms with Crippen LogP contribution in [0.2, 0.25) is 0 Å². The number of aromatic amines is 3. The molecule has 0 aliphatic rings. The normalized spacial score (nSPS) is 11.5. The molecule has 144 valence electrons. The molecule has 0 unspecified atom stereocenters. The van der Waals surface area contributed by atoms with E-state index < -0.39 is 0 Å². The molecule has 4 N–H and O–H groups in total. The van der Waals surface area contributed by atoms with Crippen molar-refractivity contribution in [1.82, 2.24) is 20.2 Å². The number of benzene rings is 3. The summed E-state index contributed by atoms with van der Waals surface area (Å²) in [5.74, 6) is -0.189. The van der Waals surface area contributed by atoms with E-state index >= 15 is 0 Å². The predicted molar refractivity (Wildman–Crippen MR) is 120 cm³/mol. The molecule has 0 spiro atoms. The number of anilines is 1. The number of hydrogen-bond acceptors (Lipinski definition) is 2. The number of H-pyrrole nitrogens is 3. The molecule has 6 aromatic rings. The van der Waals surface area contributed by atoms with Gasteiger partial charge in [-0.05, 0) is 47.5 Å². The van der Waals surface area contributed by atoms with Crippen LogP contribution in [0.1, 0.15) is 10.5 Å². The second-order valence-electron chi connectivity index (χ2n) is 7.32. The van der Waals surface area contributed by atoms with Gasteiger partial charge in [-0.3, -0.25) is 9.89 Å². The molecule has 0 atom stereocenters. The van der Waals surface area contributed by atoms with E-state index in [1.54, 1.807) is 6.20 Å². The first kappa shape index (κ1) is 16.6. The number of hydrogen-bond donors (Lipinski definition) is 4. The van der Waals surface area contributed by atoms with Gasteiger partial charge in [-0.25, -0.2) is 0 Å². The Morgan fingerprint density at radius 2 is 1.77 bits per heavy atom. The van der Waals surface area contributed by atoms with E-state index in [-0.39, 0.29) is 5.91 Å². The van der Waals surface area contributed by atoms with Gasteiger partial charge < -0.3 is 15.3 Å². The lowest BCUT2D eigenvalue weighted by molar-refractivity contribution is 0.102. The molecule has 0 fully saturated rings. The molecule has 6 rings (SSSR count). The van der Waals surface area contributed by atoms with Gasteiger partial charge in [-0.1, -0.05) is 30.3 Å². The predicted octanol–water partition coefficient (Wildman–Crippen LogP) is 5.44. The van der Waals surface area contributed by atoms with Gasteiger partial charge in [0.1, 0.15) is 5.69 Å². The van der Waals surface area contributed by atoms with E-state index in [0.29, 0.717) is 11.4 Å². The van der Waals surface area contributed by atoms with Crippen molar-refractivity contribution >= 4 is 44.3 Å². The molecule has 0 saturated heterocycles. The maximum absolute atomic E-state index is 13.0. The quantitative estimate of drug-likeness (QED) is 0.323. The lowest BCUT2D eigenvalue weighted by Crippen LogP contribution is -2.12. The SMILES string of the molecule is O=C(Nc1cc(-c2cccc3[nH]ccc23)cc2[nH]ncc12)c1cc2ccccc2[nH]1. The lowest BCUT2D eigenvalue weighted by Gasteiger charge is -2.10. The van der Waals surface area contributed by atoms with Crippen LogP contribution in [0.25, 0.3) is 43.8 Å². The Morgan fingerprint density at radius 1 is 0.867 bits per heavy atom. The topological polar surface area (TPSA) is 89.4 Å².